The molecule has 0 aromatic heterocycles. The first-order valence-electron chi connectivity index (χ1n) is 4.51. The van der Waals surface area contributed by atoms with Crippen molar-refractivity contribution in [3.63, 3.8) is 0 Å². The number of nitrogens with two attached hydrogens (primary N) is 1. The van der Waals surface area contributed by atoms with Crippen molar-refractivity contribution >= 4 is 5.91 Å². The molecule has 2 unspecified atom stereocenters. The third-order valence-corrected chi connectivity index (χ3v) is 2.06. The number of amides is 1. The second kappa shape index (κ2) is 5.00. The van der Waals surface area contributed by atoms with Crippen molar-refractivity contribution in [2.75, 3.05) is 0 Å². The van der Waals surface area contributed by atoms with E-state index in [0.29, 0.717) is 0 Å². The van der Waals surface area contributed by atoms with Gasteiger partial charge in [0, 0.05) is 0 Å². The Bertz CT molecular complexity index is 398. The summed E-state index contributed by atoms with van der Waals surface area (Å²) >= 11 is 0. The normalized spacial score (nSPS) is 14.5. The zero-order valence-electron chi connectivity index (χ0n) is 8.23. The monoisotopic (exact) mass is 231 g/mol. The van der Waals surface area contributed by atoms with Crippen LogP contribution in [0.25, 0.3) is 0 Å². The summed E-state index contributed by atoms with van der Waals surface area (Å²) < 4.78 is 25.4. The summed E-state index contributed by atoms with van der Waals surface area (Å²) in [6.45, 7) is 0. The Labute approximate surface area is 90.3 Å². The zero-order chi connectivity index (χ0) is 12.3. The van der Waals surface area contributed by atoms with Gasteiger partial charge in [0.2, 0.25) is 5.91 Å². The highest BCUT2D eigenvalue weighted by molar-refractivity contribution is 5.74. The molecule has 1 amide bonds. The molecule has 0 bridgehead atoms. The Balaban J connectivity index is 2.83. The fourth-order valence-electron chi connectivity index (χ4n) is 1.24. The van der Waals surface area contributed by atoms with Crippen LogP contribution >= 0.6 is 0 Å². The molecule has 4 N–H and O–H groups in total. The SMILES string of the molecule is NC(=O)CC(O)C(O)c1ccc(F)c(F)c1. The third-order valence-electron chi connectivity index (χ3n) is 2.06. The van der Waals surface area contributed by atoms with Crippen molar-refractivity contribution in [2.24, 2.45) is 5.73 Å². The molecule has 0 aliphatic rings. The Morgan fingerprint density at radius 3 is 2.44 bits per heavy atom. The molecule has 1 rings (SSSR count). The molecule has 2 atom stereocenters. The third kappa shape index (κ3) is 2.98. The minimum Gasteiger partial charge on any atom is -0.390 e. The molecule has 1 aromatic rings. The summed E-state index contributed by atoms with van der Waals surface area (Å²) in [6.07, 6.45) is -3.38. The number of primary amides is 1. The first kappa shape index (κ1) is 12.5. The molecule has 4 nitrogen and oxygen atoms in total. The number of hydrogen-bond donors (Lipinski definition) is 3. The van der Waals surface area contributed by atoms with E-state index in [1.54, 1.807) is 0 Å². The number of benzene rings is 1. The van der Waals surface area contributed by atoms with E-state index >= 15 is 0 Å². The number of hydrogen-bond acceptors (Lipinski definition) is 3. The van der Waals surface area contributed by atoms with Gasteiger partial charge in [-0.05, 0) is 17.7 Å². The van der Waals surface area contributed by atoms with Gasteiger partial charge in [0.1, 0.15) is 6.10 Å². The number of carbonyl (C=O) groups excluding carboxylic acids is 1. The number of aliphatic hydroxyl groups is 2. The van der Waals surface area contributed by atoms with Gasteiger partial charge in [-0.2, -0.15) is 0 Å². The van der Waals surface area contributed by atoms with E-state index in [-0.39, 0.29) is 5.56 Å². The van der Waals surface area contributed by atoms with Crippen LogP contribution in [0.4, 0.5) is 8.78 Å². The topological polar surface area (TPSA) is 83.6 Å². The van der Waals surface area contributed by atoms with Crippen molar-refractivity contribution in [2.45, 2.75) is 18.6 Å². The molecule has 0 fully saturated rings. The van der Waals surface area contributed by atoms with Crippen molar-refractivity contribution in [1.29, 1.82) is 0 Å². The molecule has 0 heterocycles. The lowest BCUT2D eigenvalue weighted by molar-refractivity contribution is -0.121. The van der Waals surface area contributed by atoms with E-state index in [1.165, 1.54) is 0 Å². The van der Waals surface area contributed by atoms with Gasteiger partial charge in [-0.15, -0.1) is 0 Å². The average molecular weight is 231 g/mol. The molecular weight excluding hydrogens is 220 g/mol. The van der Waals surface area contributed by atoms with Crippen LogP contribution in [0, 0.1) is 11.6 Å². The quantitative estimate of drug-likeness (QED) is 0.693. The van der Waals surface area contributed by atoms with Gasteiger partial charge in [0.05, 0.1) is 12.5 Å². The summed E-state index contributed by atoms with van der Waals surface area (Å²) in [7, 11) is 0. The van der Waals surface area contributed by atoms with Crippen LogP contribution in [-0.4, -0.2) is 22.2 Å². The van der Waals surface area contributed by atoms with Crippen LogP contribution in [-0.2, 0) is 4.79 Å². The van der Waals surface area contributed by atoms with Crippen LogP contribution in [0.2, 0.25) is 0 Å². The number of halogens is 2. The van der Waals surface area contributed by atoms with Crippen LogP contribution in [0.15, 0.2) is 18.2 Å². The molecule has 0 saturated heterocycles. The standard InChI is InChI=1S/C10H11F2NO3/c11-6-2-1-5(3-7(6)12)10(16)8(14)4-9(13)15/h1-3,8,10,14,16H,4H2,(H2,13,15). The van der Waals surface area contributed by atoms with Crippen LogP contribution in [0.5, 0.6) is 0 Å². The molecule has 0 aliphatic heterocycles. The van der Waals surface area contributed by atoms with E-state index in [2.05, 4.69) is 0 Å². The highest BCUT2D eigenvalue weighted by atomic mass is 19.2. The number of rotatable bonds is 4. The van der Waals surface area contributed by atoms with Crippen molar-refractivity contribution in [3.8, 4) is 0 Å². The summed E-state index contributed by atoms with van der Waals surface area (Å²) in [6, 6.07) is 2.70. The molecule has 16 heavy (non-hydrogen) atoms. The summed E-state index contributed by atoms with van der Waals surface area (Å²) in [4.78, 5) is 10.5. The Morgan fingerprint density at radius 2 is 1.94 bits per heavy atom. The van der Waals surface area contributed by atoms with E-state index < -0.39 is 36.2 Å². The number of carbonyl (C=O) groups is 1. The Kier molecular flexibility index (Phi) is 3.92. The molecular formula is C10H11F2NO3. The average Bonchev–Trinajstić information content (AvgIpc) is 2.20. The Morgan fingerprint density at radius 1 is 1.31 bits per heavy atom. The van der Waals surface area contributed by atoms with Crippen molar-refractivity contribution in [3.05, 3.63) is 35.4 Å². The first-order valence-corrected chi connectivity index (χ1v) is 4.51. The highest BCUT2D eigenvalue weighted by Crippen LogP contribution is 2.20. The van der Waals surface area contributed by atoms with Gasteiger partial charge in [0.25, 0.3) is 0 Å². The molecule has 0 spiro atoms. The maximum Gasteiger partial charge on any atom is 0.220 e. The summed E-state index contributed by atoms with van der Waals surface area (Å²) in [5.41, 5.74) is 4.80. The molecule has 0 radical (unpaired) electrons. The minimum atomic E-state index is -1.48. The molecule has 0 aliphatic carbocycles. The predicted molar refractivity (Wildman–Crippen MR) is 51.1 cm³/mol. The maximum absolute atomic E-state index is 12.8. The van der Waals surface area contributed by atoms with Gasteiger partial charge >= 0.3 is 0 Å². The van der Waals surface area contributed by atoms with Crippen LogP contribution < -0.4 is 5.73 Å². The summed E-state index contributed by atoms with van der Waals surface area (Å²) in [5, 5.41) is 18.8. The van der Waals surface area contributed by atoms with Crippen molar-refractivity contribution < 1.29 is 23.8 Å². The van der Waals surface area contributed by atoms with Crippen LogP contribution in [0.3, 0.4) is 0 Å². The maximum atomic E-state index is 12.8. The fourth-order valence-corrected chi connectivity index (χ4v) is 1.24. The first-order chi connectivity index (χ1) is 7.41. The van der Waals surface area contributed by atoms with E-state index in [0.717, 1.165) is 18.2 Å². The Hall–Kier alpha value is -1.53. The lowest BCUT2D eigenvalue weighted by atomic mass is 10.0. The molecule has 0 saturated carbocycles. The van der Waals surface area contributed by atoms with Crippen molar-refractivity contribution in [1.82, 2.24) is 0 Å². The fraction of sp³-hybridized carbons (Fsp3) is 0.300. The highest BCUT2D eigenvalue weighted by Gasteiger charge is 2.21. The minimum absolute atomic E-state index is 0.0207. The predicted octanol–water partition coefficient (Wildman–Crippen LogP) is 0.234. The second-order valence-electron chi connectivity index (χ2n) is 3.36. The van der Waals surface area contributed by atoms with Gasteiger partial charge in [0.15, 0.2) is 11.6 Å². The second-order valence-corrected chi connectivity index (χ2v) is 3.36. The van der Waals surface area contributed by atoms with Gasteiger partial charge < -0.3 is 15.9 Å². The van der Waals surface area contributed by atoms with Gasteiger partial charge in [-0.25, -0.2) is 8.78 Å². The zero-order valence-corrected chi connectivity index (χ0v) is 8.23. The van der Waals surface area contributed by atoms with E-state index in [9.17, 15) is 23.8 Å². The largest absolute Gasteiger partial charge is 0.390 e. The van der Waals surface area contributed by atoms with Gasteiger partial charge in [-0.1, -0.05) is 6.07 Å². The smallest absolute Gasteiger partial charge is 0.220 e. The van der Waals surface area contributed by atoms with Gasteiger partial charge in [-0.3, -0.25) is 4.79 Å². The van der Waals surface area contributed by atoms with Crippen LogP contribution in [0.1, 0.15) is 18.1 Å². The van der Waals surface area contributed by atoms with E-state index in [4.69, 9.17) is 5.73 Å². The lowest BCUT2D eigenvalue weighted by Gasteiger charge is -2.16. The van der Waals surface area contributed by atoms with E-state index in [1.807, 2.05) is 0 Å². The summed E-state index contributed by atoms with van der Waals surface area (Å²) in [5.74, 6) is -2.99. The molecule has 88 valence electrons. The molecule has 1 aromatic carbocycles. The molecule has 6 heteroatoms. The number of aliphatic hydroxyl groups excluding tert-OH is 2. The lowest BCUT2D eigenvalue weighted by Crippen LogP contribution is -2.25.